The molecule has 0 radical (unpaired) electrons. The summed E-state index contributed by atoms with van der Waals surface area (Å²) in [7, 11) is 3.95. The summed E-state index contributed by atoms with van der Waals surface area (Å²) in [5, 5.41) is 6.16. The highest BCUT2D eigenvalue weighted by atomic mass is 16.1. The third-order valence-corrected chi connectivity index (χ3v) is 2.98. The van der Waals surface area contributed by atoms with Gasteiger partial charge in [-0.05, 0) is 38.4 Å². The van der Waals surface area contributed by atoms with E-state index in [1.807, 2.05) is 55.4 Å². The summed E-state index contributed by atoms with van der Waals surface area (Å²) in [4.78, 5) is 18.3. The van der Waals surface area contributed by atoms with Crippen LogP contribution < -0.4 is 10.6 Å². The van der Waals surface area contributed by atoms with Crippen LogP contribution in [0.4, 0.5) is 11.4 Å². The zero-order valence-corrected chi connectivity index (χ0v) is 12.3. The zero-order valence-electron chi connectivity index (χ0n) is 12.3. The number of anilines is 2. The average Bonchev–Trinajstić information content (AvgIpc) is 2.48. The van der Waals surface area contributed by atoms with Crippen molar-refractivity contribution in [2.24, 2.45) is 0 Å². The number of aromatic nitrogens is 1. The molecule has 2 aromatic rings. The smallest absolute Gasteiger partial charge is 0.253 e. The molecule has 0 saturated heterocycles. The van der Waals surface area contributed by atoms with Crippen molar-refractivity contribution in [3.63, 3.8) is 0 Å². The maximum atomic E-state index is 12.3. The number of benzene rings is 1. The summed E-state index contributed by atoms with van der Waals surface area (Å²) in [6.45, 7) is 1.43. The summed E-state index contributed by atoms with van der Waals surface area (Å²) in [6.07, 6.45) is 3.42. The quantitative estimate of drug-likeness (QED) is 0.853. The third kappa shape index (κ3) is 4.57. The first-order valence-electron chi connectivity index (χ1n) is 6.86. The molecule has 0 aliphatic carbocycles. The van der Waals surface area contributed by atoms with Crippen LogP contribution in [0.1, 0.15) is 10.4 Å². The molecule has 0 unspecified atom stereocenters. The van der Waals surface area contributed by atoms with Gasteiger partial charge in [-0.25, -0.2) is 0 Å². The van der Waals surface area contributed by atoms with Crippen LogP contribution in [0.3, 0.4) is 0 Å². The van der Waals surface area contributed by atoms with E-state index in [1.54, 1.807) is 12.4 Å². The van der Waals surface area contributed by atoms with Gasteiger partial charge in [0.25, 0.3) is 5.91 Å². The van der Waals surface area contributed by atoms with Gasteiger partial charge in [-0.15, -0.1) is 0 Å². The van der Waals surface area contributed by atoms with Gasteiger partial charge in [0, 0.05) is 31.2 Å². The van der Waals surface area contributed by atoms with Crippen molar-refractivity contribution >= 4 is 17.3 Å². The van der Waals surface area contributed by atoms with Crippen LogP contribution in [-0.2, 0) is 0 Å². The molecular formula is C16H20N4O. The fraction of sp³-hybridized carbons (Fsp3) is 0.250. The second kappa shape index (κ2) is 7.40. The van der Waals surface area contributed by atoms with Crippen molar-refractivity contribution in [3.05, 3.63) is 54.4 Å². The SMILES string of the molecule is CN(C)CCNC(=O)c1ccccc1Nc1ccncc1. The molecule has 0 aliphatic heterocycles. The van der Waals surface area contributed by atoms with Gasteiger partial charge < -0.3 is 15.5 Å². The second-order valence-electron chi connectivity index (χ2n) is 4.97. The Balaban J connectivity index is 2.07. The monoisotopic (exact) mass is 284 g/mol. The van der Waals surface area contributed by atoms with Gasteiger partial charge >= 0.3 is 0 Å². The summed E-state index contributed by atoms with van der Waals surface area (Å²) >= 11 is 0. The van der Waals surface area contributed by atoms with Crippen LogP contribution in [0.2, 0.25) is 0 Å². The molecule has 0 atom stereocenters. The topological polar surface area (TPSA) is 57.3 Å². The number of carbonyl (C=O) groups is 1. The zero-order chi connectivity index (χ0) is 15.1. The summed E-state index contributed by atoms with van der Waals surface area (Å²) in [6, 6.07) is 11.2. The number of pyridine rings is 1. The molecule has 0 spiro atoms. The normalized spacial score (nSPS) is 10.4. The maximum absolute atomic E-state index is 12.3. The molecule has 1 heterocycles. The van der Waals surface area contributed by atoms with Gasteiger partial charge in [-0.3, -0.25) is 9.78 Å². The van der Waals surface area contributed by atoms with Crippen LogP contribution in [0, 0.1) is 0 Å². The van der Waals surface area contributed by atoms with Gasteiger partial charge in [-0.1, -0.05) is 12.1 Å². The molecule has 2 N–H and O–H groups in total. The Morgan fingerprint density at radius 1 is 1.14 bits per heavy atom. The Morgan fingerprint density at radius 3 is 2.57 bits per heavy atom. The van der Waals surface area contributed by atoms with Gasteiger partial charge in [0.05, 0.1) is 11.3 Å². The lowest BCUT2D eigenvalue weighted by molar-refractivity contribution is 0.0952. The van der Waals surface area contributed by atoms with Crippen molar-refractivity contribution in [3.8, 4) is 0 Å². The average molecular weight is 284 g/mol. The summed E-state index contributed by atoms with van der Waals surface area (Å²) in [5.41, 5.74) is 2.32. The van der Waals surface area contributed by atoms with Gasteiger partial charge in [0.1, 0.15) is 0 Å². The van der Waals surface area contributed by atoms with Crippen molar-refractivity contribution < 1.29 is 4.79 Å². The number of para-hydroxylation sites is 1. The maximum Gasteiger partial charge on any atom is 0.253 e. The lowest BCUT2D eigenvalue weighted by Crippen LogP contribution is -2.31. The molecule has 1 aromatic heterocycles. The van der Waals surface area contributed by atoms with Crippen molar-refractivity contribution in [1.82, 2.24) is 15.2 Å². The number of rotatable bonds is 6. The Bertz CT molecular complexity index is 584. The molecule has 0 fully saturated rings. The Labute approximate surface area is 125 Å². The highest BCUT2D eigenvalue weighted by Gasteiger charge is 2.10. The van der Waals surface area contributed by atoms with Crippen LogP contribution in [0.5, 0.6) is 0 Å². The fourth-order valence-electron chi connectivity index (χ4n) is 1.87. The van der Waals surface area contributed by atoms with Crippen molar-refractivity contribution in [2.75, 3.05) is 32.5 Å². The minimum atomic E-state index is -0.0750. The molecule has 0 aliphatic rings. The lowest BCUT2D eigenvalue weighted by Gasteiger charge is -2.13. The van der Waals surface area contributed by atoms with E-state index in [1.165, 1.54) is 0 Å². The molecule has 1 amide bonds. The number of nitrogens with one attached hydrogen (secondary N) is 2. The van der Waals surface area contributed by atoms with Crippen LogP contribution >= 0.6 is 0 Å². The van der Waals surface area contributed by atoms with E-state index in [2.05, 4.69) is 15.6 Å². The molecule has 1 aromatic carbocycles. The molecule has 5 heteroatoms. The second-order valence-corrected chi connectivity index (χ2v) is 4.97. The molecule has 2 rings (SSSR count). The van der Waals surface area contributed by atoms with Crippen molar-refractivity contribution in [1.29, 1.82) is 0 Å². The fourth-order valence-corrected chi connectivity index (χ4v) is 1.87. The molecular weight excluding hydrogens is 264 g/mol. The minimum absolute atomic E-state index is 0.0750. The first-order chi connectivity index (χ1) is 10.2. The molecule has 110 valence electrons. The summed E-state index contributed by atoms with van der Waals surface area (Å²) < 4.78 is 0. The number of hydrogen-bond acceptors (Lipinski definition) is 4. The van der Waals surface area contributed by atoms with E-state index in [-0.39, 0.29) is 5.91 Å². The van der Waals surface area contributed by atoms with Crippen LogP contribution in [-0.4, -0.2) is 43.0 Å². The van der Waals surface area contributed by atoms with Crippen molar-refractivity contribution in [2.45, 2.75) is 0 Å². The Morgan fingerprint density at radius 2 is 1.86 bits per heavy atom. The Hall–Kier alpha value is -2.40. The molecule has 0 bridgehead atoms. The third-order valence-electron chi connectivity index (χ3n) is 2.98. The molecule has 5 nitrogen and oxygen atoms in total. The summed E-state index contributed by atoms with van der Waals surface area (Å²) in [5.74, 6) is -0.0750. The highest BCUT2D eigenvalue weighted by molar-refractivity contribution is 6.00. The predicted molar refractivity (Wildman–Crippen MR) is 84.8 cm³/mol. The van der Waals surface area contributed by atoms with Crippen LogP contribution in [0.25, 0.3) is 0 Å². The Kier molecular flexibility index (Phi) is 5.29. The predicted octanol–water partition coefficient (Wildman–Crippen LogP) is 2.12. The van der Waals surface area contributed by atoms with Gasteiger partial charge in [0.2, 0.25) is 0 Å². The van der Waals surface area contributed by atoms with Gasteiger partial charge in [0.15, 0.2) is 0 Å². The number of likely N-dealkylation sites (N-methyl/N-ethyl adjacent to an activating group) is 1. The van der Waals surface area contributed by atoms with E-state index in [4.69, 9.17) is 0 Å². The number of carbonyl (C=O) groups excluding carboxylic acids is 1. The van der Waals surface area contributed by atoms with E-state index >= 15 is 0 Å². The largest absolute Gasteiger partial charge is 0.355 e. The minimum Gasteiger partial charge on any atom is -0.355 e. The van der Waals surface area contributed by atoms with E-state index < -0.39 is 0 Å². The van der Waals surface area contributed by atoms with Crippen LogP contribution in [0.15, 0.2) is 48.8 Å². The van der Waals surface area contributed by atoms with E-state index in [0.717, 1.165) is 17.9 Å². The first-order valence-corrected chi connectivity index (χ1v) is 6.86. The first kappa shape index (κ1) is 15.0. The molecule has 21 heavy (non-hydrogen) atoms. The number of amides is 1. The number of nitrogens with zero attached hydrogens (tertiary/aromatic N) is 2. The standard InChI is InChI=1S/C16H20N4O/c1-20(2)12-11-18-16(21)14-5-3-4-6-15(14)19-13-7-9-17-10-8-13/h3-10H,11-12H2,1-2H3,(H,17,19)(H,18,21). The number of hydrogen-bond donors (Lipinski definition) is 2. The molecule has 0 saturated carbocycles. The lowest BCUT2D eigenvalue weighted by atomic mass is 10.1. The van der Waals surface area contributed by atoms with E-state index in [0.29, 0.717) is 12.1 Å². The highest BCUT2D eigenvalue weighted by Crippen LogP contribution is 2.20. The van der Waals surface area contributed by atoms with E-state index in [9.17, 15) is 4.79 Å². The van der Waals surface area contributed by atoms with Gasteiger partial charge in [-0.2, -0.15) is 0 Å².